The number of hydrogen-bond donors (Lipinski definition) is 1. The number of carbonyl (C=O) groups excluding carboxylic acids is 1. The molecule has 1 fully saturated rings. The Morgan fingerprint density at radius 3 is 3.00 bits per heavy atom. The predicted octanol–water partition coefficient (Wildman–Crippen LogP) is 0.519. The van der Waals surface area contributed by atoms with Crippen LogP contribution in [-0.4, -0.2) is 30.1 Å². The van der Waals surface area contributed by atoms with Gasteiger partial charge in [-0.3, -0.25) is 9.78 Å². The van der Waals surface area contributed by atoms with Crippen molar-refractivity contribution in [3.8, 4) is 0 Å². The van der Waals surface area contributed by atoms with Crippen LogP contribution in [-0.2, 0) is 4.74 Å². The molecule has 0 saturated carbocycles. The molecule has 0 radical (unpaired) electrons. The average Bonchev–Trinajstić information content (AvgIpc) is 2.12. The zero-order valence-corrected chi connectivity index (χ0v) is 7.99. The Morgan fingerprint density at radius 2 is 2.43 bits per heavy atom. The standard InChI is InChI=1S/C10H12N2O2/c1-7-2-3-11-4-9(7)10(13)12-8-5-14-6-8/h2-4,8H,5-6H2,1H3,(H,12,13). The Morgan fingerprint density at radius 1 is 1.64 bits per heavy atom. The summed E-state index contributed by atoms with van der Waals surface area (Å²) in [5.74, 6) is -0.0658. The molecule has 0 bridgehead atoms. The van der Waals surface area contributed by atoms with Gasteiger partial charge in [0.2, 0.25) is 0 Å². The lowest BCUT2D eigenvalue weighted by Crippen LogP contribution is -2.48. The number of amides is 1. The molecule has 1 aliphatic rings. The molecule has 0 aliphatic carbocycles. The van der Waals surface area contributed by atoms with Crippen molar-refractivity contribution >= 4 is 5.91 Å². The normalized spacial score (nSPS) is 16.1. The lowest BCUT2D eigenvalue weighted by molar-refractivity contribution is -0.00348. The topological polar surface area (TPSA) is 51.2 Å². The van der Waals surface area contributed by atoms with E-state index in [0.29, 0.717) is 18.8 Å². The van der Waals surface area contributed by atoms with Crippen LogP contribution in [0.15, 0.2) is 18.5 Å². The summed E-state index contributed by atoms with van der Waals surface area (Å²) in [5.41, 5.74) is 1.58. The van der Waals surface area contributed by atoms with Gasteiger partial charge in [-0.25, -0.2) is 0 Å². The molecule has 4 nitrogen and oxygen atoms in total. The van der Waals surface area contributed by atoms with Crippen molar-refractivity contribution in [3.05, 3.63) is 29.6 Å². The minimum absolute atomic E-state index is 0.0658. The SMILES string of the molecule is Cc1ccncc1C(=O)NC1COC1. The third kappa shape index (κ3) is 1.75. The first kappa shape index (κ1) is 9.15. The first-order chi connectivity index (χ1) is 6.77. The fourth-order valence-electron chi connectivity index (χ4n) is 1.28. The number of ether oxygens (including phenoxy) is 1. The molecule has 1 aromatic heterocycles. The van der Waals surface area contributed by atoms with Gasteiger partial charge in [-0.1, -0.05) is 0 Å². The minimum Gasteiger partial charge on any atom is -0.377 e. The Labute approximate surface area is 82.3 Å². The Balaban J connectivity index is 2.06. The van der Waals surface area contributed by atoms with E-state index in [1.54, 1.807) is 12.4 Å². The summed E-state index contributed by atoms with van der Waals surface area (Å²) in [5, 5.41) is 2.87. The maximum atomic E-state index is 11.7. The molecule has 14 heavy (non-hydrogen) atoms. The summed E-state index contributed by atoms with van der Waals surface area (Å²) in [6.45, 7) is 3.13. The molecule has 4 heteroatoms. The summed E-state index contributed by atoms with van der Waals surface area (Å²) in [4.78, 5) is 15.6. The predicted molar refractivity (Wildman–Crippen MR) is 51.0 cm³/mol. The number of aromatic nitrogens is 1. The summed E-state index contributed by atoms with van der Waals surface area (Å²) in [6, 6.07) is 1.99. The van der Waals surface area contributed by atoms with Gasteiger partial charge in [0.25, 0.3) is 5.91 Å². The van der Waals surface area contributed by atoms with Gasteiger partial charge in [0.05, 0.1) is 24.8 Å². The molecule has 1 amide bonds. The lowest BCUT2D eigenvalue weighted by Gasteiger charge is -2.26. The minimum atomic E-state index is -0.0658. The zero-order valence-electron chi connectivity index (χ0n) is 7.99. The Hall–Kier alpha value is -1.42. The van der Waals surface area contributed by atoms with E-state index in [9.17, 15) is 4.79 Å². The quantitative estimate of drug-likeness (QED) is 0.743. The van der Waals surface area contributed by atoms with Crippen molar-refractivity contribution in [3.63, 3.8) is 0 Å². The first-order valence-electron chi connectivity index (χ1n) is 4.56. The maximum absolute atomic E-state index is 11.7. The molecule has 1 aliphatic heterocycles. The molecule has 0 aromatic carbocycles. The van der Waals surface area contributed by atoms with Crippen LogP contribution in [0.2, 0.25) is 0 Å². The Kier molecular flexibility index (Phi) is 2.45. The van der Waals surface area contributed by atoms with Gasteiger partial charge in [-0.2, -0.15) is 0 Å². The molecule has 1 aromatic rings. The van der Waals surface area contributed by atoms with E-state index in [0.717, 1.165) is 5.56 Å². The molecule has 0 spiro atoms. The summed E-state index contributed by atoms with van der Waals surface area (Å²) in [6.07, 6.45) is 3.27. The average molecular weight is 192 g/mol. The van der Waals surface area contributed by atoms with Crippen molar-refractivity contribution in [1.82, 2.24) is 10.3 Å². The maximum Gasteiger partial charge on any atom is 0.253 e. The molecule has 2 heterocycles. The number of carbonyl (C=O) groups is 1. The van der Waals surface area contributed by atoms with Crippen LogP contribution in [0.25, 0.3) is 0 Å². The number of aryl methyl sites for hydroxylation is 1. The highest BCUT2D eigenvalue weighted by atomic mass is 16.5. The van der Waals surface area contributed by atoms with Gasteiger partial charge < -0.3 is 10.1 Å². The highest BCUT2D eigenvalue weighted by Gasteiger charge is 2.21. The van der Waals surface area contributed by atoms with E-state index in [1.807, 2.05) is 13.0 Å². The fourth-order valence-corrected chi connectivity index (χ4v) is 1.28. The summed E-state index contributed by atoms with van der Waals surface area (Å²) < 4.78 is 4.97. The van der Waals surface area contributed by atoms with E-state index in [2.05, 4.69) is 10.3 Å². The van der Waals surface area contributed by atoms with E-state index in [1.165, 1.54) is 0 Å². The van der Waals surface area contributed by atoms with Gasteiger partial charge in [-0.15, -0.1) is 0 Å². The van der Waals surface area contributed by atoms with Crippen molar-refractivity contribution in [2.45, 2.75) is 13.0 Å². The lowest BCUT2D eigenvalue weighted by atomic mass is 10.1. The van der Waals surface area contributed by atoms with E-state index in [4.69, 9.17) is 4.74 Å². The third-order valence-electron chi connectivity index (χ3n) is 2.26. The van der Waals surface area contributed by atoms with Crippen molar-refractivity contribution in [2.24, 2.45) is 0 Å². The molecular formula is C10H12N2O2. The number of pyridine rings is 1. The molecule has 74 valence electrons. The van der Waals surface area contributed by atoms with E-state index < -0.39 is 0 Å². The van der Waals surface area contributed by atoms with Crippen LogP contribution in [0.5, 0.6) is 0 Å². The largest absolute Gasteiger partial charge is 0.377 e. The second-order valence-corrected chi connectivity index (χ2v) is 3.40. The van der Waals surface area contributed by atoms with Crippen molar-refractivity contribution < 1.29 is 9.53 Å². The first-order valence-corrected chi connectivity index (χ1v) is 4.56. The van der Waals surface area contributed by atoms with Gasteiger partial charge in [0.15, 0.2) is 0 Å². The number of nitrogens with one attached hydrogen (secondary N) is 1. The fraction of sp³-hybridized carbons (Fsp3) is 0.400. The molecule has 2 rings (SSSR count). The van der Waals surface area contributed by atoms with Gasteiger partial charge in [0.1, 0.15) is 0 Å². The summed E-state index contributed by atoms with van der Waals surface area (Å²) in [7, 11) is 0. The van der Waals surface area contributed by atoms with Crippen LogP contribution in [0, 0.1) is 6.92 Å². The van der Waals surface area contributed by atoms with Crippen LogP contribution in [0.1, 0.15) is 15.9 Å². The smallest absolute Gasteiger partial charge is 0.253 e. The molecule has 0 unspecified atom stereocenters. The van der Waals surface area contributed by atoms with Crippen molar-refractivity contribution in [2.75, 3.05) is 13.2 Å². The number of rotatable bonds is 2. The van der Waals surface area contributed by atoms with Gasteiger partial charge >= 0.3 is 0 Å². The Bertz CT molecular complexity index is 348. The van der Waals surface area contributed by atoms with E-state index in [-0.39, 0.29) is 11.9 Å². The highest BCUT2D eigenvalue weighted by Crippen LogP contribution is 2.07. The third-order valence-corrected chi connectivity index (χ3v) is 2.26. The van der Waals surface area contributed by atoms with Crippen LogP contribution in [0.4, 0.5) is 0 Å². The molecule has 1 N–H and O–H groups in total. The molecule has 1 saturated heterocycles. The molecule has 0 atom stereocenters. The van der Waals surface area contributed by atoms with Crippen LogP contribution in [0.3, 0.4) is 0 Å². The van der Waals surface area contributed by atoms with Gasteiger partial charge in [-0.05, 0) is 18.6 Å². The number of hydrogen-bond acceptors (Lipinski definition) is 3. The highest BCUT2D eigenvalue weighted by molar-refractivity contribution is 5.95. The van der Waals surface area contributed by atoms with Crippen molar-refractivity contribution in [1.29, 1.82) is 0 Å². The number of nitrogens with zero attached hydrogens (tertiary/aromatic N) is 1. The van der Waals surface area contributed by atoms with Crippen LogP contribution < -0.4 is 5.32 Å². The second-order valence-electron chi connectivity index (χ2n) is 3.40. The van der Waals surface area contributed by atoms with Gasteiger partial charge in [0, 0.05) is 12.4 Å². The zero-order chi connectivity index (χ0) is 9.97. The monoisotopic (exact) mass is 192 g/mol. The van der Waals surface area contributed by atoms with Crippen LogP contribution >= 0.6 is 0 Å². The summed E-state index contributed by atoms with van der Waals surface area (Å²) >= 11 is 0. The second kappa shape index (κ2) is 3.75. The van der Waals surface area contributed by atoms with E-state index >= 15 is 0 Å². The molecular weight excluding hydrogens is 180 g/mol.